The average Bonchev–Trinajstić information content (AvgIpc) is 3.30. The molecule has 0 aromatic heterocycles. The van der Waals surface area contributed by atoms with E-state index in [2.05, 4.69) is 0 Å². The second-order valence-electron chi connectivity index (χ2n) is 12.2. The number of amides is 1. The first-order valence-electron chi connectivity index (χ1n) is 13.7. The van der Waals surface area contributed by atoms with Crippen LogP contribution in [0.3, 0.4) is 0 Å². The number of rotatable bonds is 8. The predicted molar refractivity (Wildman–Crippen MR) is 158 cm³/mol. The Hall–Kier alpha value is -3.00. The molecule has 1 fully saturated rings. The molecule has 1 aliphatic heterocycles. The summed E-state index contributed by atoms with van der Waals surface area (Å²) in [5.74, 6) is -0.499. The fraction of sp³-hybridized carbons (Fsp3) is 0.531. The first-order valence-corrected chi connectivity index (χ1v) is 14.9. The van der Waals surface area contributed by atoms with Crippen molar-refractivity contribution in [3.8, 4) is 5.75 Å². The van der Waals surface area contributed by atoms with E-state index in [4.69, 9.17) is 14.2 Å². The quantitative estimate of drug-likeness (QED) is 0.193. The van der Waals surface area contributed by atoms with Crippen LogP contribution in [0.1, 0.15) is 81.4 Å². The zero-order chi connectivity index (χ0) is 30.0. The van der Waals surface area contributed by atoms with E-state index in [9.17, 15) is 14.4 Å². The number of hydrogen-bond donors (Lipinski definition) is 0. The number of hydrogen-bond acceptors (Lipinski definition) is 7. The number of ketones is 1. The third-order valence-corrected chi connectivity index (χ3v) is 7.53. The van der Waals surface area contributed by atoms with Crippen LogP contribution < -0.4 is 4.74 Å². The third-order valence-electron chi connectivity index (χ3n) is 6.78. The van der Waals surface area contributed by atoms with Crippen molar-refractivity contribution >= 4 is 29.6 Å². The minimum Gasteiger partial charge on any atom is -0.476 e. The standard InChI is InChI=1S/C32H43NO6S/c1-19(2)37-30(36)33-17-25(26(18-33)27(34)22-11-13-24(40-10)14-12-22)23-15-20(3)28(21(4)16-23)38-32(8,9)29(35)39-31(5,6)7/h11-16,19,25-26H,17-18H2,1-10H3/t25-,26?/m1/s1. The summed E-state index contributed by atoms with van der Waals surface area (Å²) in [5.41, 5.74) is 1.41. The number of benzene rings is 2. The Morgan fingerprint density at radius 2 is 1.52 bits per heavy atom. The molecule has 0 aliphatic carbocycles. The molecule has 0 radical (unpaired) electrons. The van der Waals surface area contributed by atoms with Gasteiger partial charge >= 0.3 is 12.1 Å². The van der Waals surface area contributed by atoms with Crippen molar-refractivity contribution < 1.29 is 28.6 Å². The van der Waals surface area contributed by atoms with Gasteiger partial charge in [0.25, 0.3) is 0 Å². The van der Waals surface area contributed by atoms with Crippen molar-refractivity contribution in [3.05, 3.63) is 58.7 Å². The van der Waals surface area contributed by atoms with Gasteiger partial charge in [-0.3, -0.25) is 4.79 Å². The van der Waals surface area contributed by atoms with Gasteiger partial charge in [0.2, 0.25) is 0 Å². The minimum absolute atomic E-state index is 0.000748. The van der Waals surface area contributed by atoms with E-state index < -0.39 is 29.2 Å². The number of aryl methyl sites for hydroxylation is 2. The maximum atomic E-state index is 13.8. The normalized spacial score (nSPS) is 17.6. The molecule has 2 atom stereocenters. The van der Waals surface area contributed by atoms with Crippen LogP contribution in [-0.2, 0) is 14.3 Å². The third kappa shape index (κ3) is 7.59. The topological polar surface area (TPSA) is 82.1 Å². The molecule has 3 rings (SSSR count). The van der Waals surface area contributed by atoms with Crippen molar-refractivity contribution in [3.63, 3.8) is 0 Å². The minimum atomic E-state index is -1.20. The molecular formula is C32H43NO6S. The van der Waals surface area contributed by atoms with Crippen LogP contribution in [-0.4, -0.2) is 59.4 Å². The van der Waals surface area contributed by atoms with E-state index in [1.165, 1.54) is 0 Å². The first-order chi connectivity index (χ1) is 18.5. The average molecular weight is 570 g/mol. The summed E-state index contributed by atoms with van der Waals surface area (Å²) in [7, 11) is 0. The van der Waals surface area contributed by atoms with Gasteiger partial charge in [-0.1, -0.05) is 24.3 Å². The highest BCUT2D eigenvalue weighted by Crippen LogP contribution is 2.39. The van der Waals surface area contributed by atoms with Crippen LogP contribution in [0.2, 0.25) is 0 Å². The van der Waals surface area contributed by atoms with Gasteiger partial charge < -0.3 is 19.1 Å². The second-order valence-corrected chi connectivity index (χ2v) is 13.1. The number of esters is 1. The molecule has 1 saturated heterocycles. The smallest absolute Gasteiger partial charge is 0.410 e. The molecule has 8 heteroatoms. The molecule has 1 aliphatic rings. The number of thioether (sulfide) groups is 1. The fourth-order valence-electron chi connectivity index (χ4n) is 4.86. The first kappa shape index (κ1) is 31.5. The number of likely N-dealkylation sites (tertiary alicyclic amines) is 1. The van der Waals surface area contributed by atoms with Crippen molar-refractivity contribution in [1.29, 1.82) is 0 Å². The predicted octanol–water partition coefficient (Wildman–Crippen LogP) is 6.97. The highest BCUT2D eigenvalue weighted by molar-refractivity contribution is 7.98. The van der Waals surface area contributed by atoms with Gasteiger partial charge in [-0.2, -0.15) is 0 Å². The number of Topliss-reactive ketones (excluding diaryl/α,β-unsaturated/α-hetero) is 1. The fourth-order valence-corrected chi connectivity index (χ4v) is 5.27. The summed E-state index contributed by atoms with van der Waals surface area (Å²) >= 11 is 1.62. The summed E-state index contributed by atoms with van der Waals surface area (Å²) in [5, 5.41) is 0. The van der Waals surface area contributed by atoms with Crippen LogP contribution in [0.5, 0.6) is 5.75 Å². The lowest BCUT2D eigenvalue weighted by atomic mass is 9.82. The van der Waals surface area contributed by atoms with Gasteiger partial charge in [-0.05, 0) is 97.4 Å². The van der Waals surface area contributed by atoms with Crippen molar-refractivity contribution in [2.45, 2.75) is 90.4 Å². The molecule has 0 saturated carbocycles. The lowest BCUT2D eigenvalue weighted by Gasteiger charge is -2.30. The van der Waals surface area contributed by atoms with Crippen LogP contribution >= 0.6 is 11.8 Å². The highest BCUT2D eigenvalue weighted by atomic mass is 32.2. The maximum Gasteiger partial charge on any atom is 0.410 e. The molecule has 218 valence electrons. The van der Waals surface area contributed by atoms with Crippen molar-refractivity contribution in [1.82, 2.24) is 4.90 Å². The van der Waals surface area contributed by atoms with E-state index in [1.807, 2.05) is 91.1 Å². The summed E-state index contributed by atoms with van der Waals surface area (Å²) in [4.78, 5) is 42.2. The number of carbonyl (C=O) groups is 3. The van der Waals surface area contributed by atoms with Gasteiger partial charge in [-0.25, -0.2) is 9.59 Å². The lowest BCUT2D eigenvalue weighted by molar-refractivity contribution is -0.171. The largest absolute Gasteiger partial charge is 0.476 e. The second kappa shape index (κ2) is 12.2. The van der Waals surface area contributed by atoms with E-state index >= 15 is 0 Å². The highest BCUT2D eigenvalue weighted by Gasteiger charge is 2.42. The molecule has 2 aromatic carbocycles. The molecular weight excluding hydrogens is 526 g/mol. The molecule has 2 aromatic rings. The SMILES string of the molecule is CSc1ccc(C(=O)C2CN(C(=O)OC(C)C)C[C@@H]2c2cc(C)c(OC(C)(C)C(=O)OC(C)(C)C)c(C)c2)cc1. The Kier molecular flexibility index (Phi) is 9.66. The molecule has 1 amide bonds. The monoisotopic (exact) mass is 569 g/mol. The Balaban J connectivity index is 1.94. The van der Waals surface area contributed by atoms with Crippen molar-refractivity contribution in [2.24, 2.45) is 5.92 Å². The van der Waals surface area contributed by atoms with Crippen LogP contribution in [0.15, 0.2) is 41.3 Å². The Morgan fingerprint density at radius 3 is 2.02 bits per heavy atom. The maximum absolute atomic E-state index is 13.8. The van der Waals surface area contributed by atoms with Gasteiger partial charge in [0.1, 0.15) is 11.4 Å². The summed E-state index contributed by atoms with van der Waals surface area (Å²) in [6.07, 6.45) is 1.32. The number of nitrogens with zero attached hydrogens (tertiary/aromatic N) is 1. The van der Waals surface area contributed by atoms with Crippen LogP contribution in [0.4, 0.5) is 4.79 Å². The number of carbonyl (C=O) groups excluding carboxylic acids is 3. The lowest BCUT2D eigenvalue weighted by Crippen LogP contribution is -2.43. The zero-order valence-corrected chi connectivity index (χ0v) is 26.2. The van der Waals surface area contributed by atoms with E-state index in [1.54, 1.807) is 30.5 Å². The molecule has 0 N–H and O–H groups in total. The van der Waals surface area contributed by atoms with E-state index in [0.717, 1.165) is 21.6 Å². The van der Waals surface area contributed by atoms with E-state index in [-0.39, 0.29) is 24.3 Å². The Labute approximate surface area is 242 Å². The van der Waals surface area contributed by atoms with Gasteiger partial charge in [-0.15, -0.1) is 11.8 Å². The van der Waals surface area contributed by atoms with Crippen molar-refractivity contribution in [2.75, 3.05) is 19.3 Å². The Morgan fingerprint density at radius 1 is 0.950 bits per heavy atom. The summed E-state index contributed by atoms with van der Waals surface area (Å²) in [6.45, 7) is 17.0. The van der Waals surface area contributed by atoms with Gasteiger partial charge in [0, 0.05) is 35.4 Å². The molecule has 0 spiro atoms. The summed E-state index contributed by atoms with van der Waals surface area (Å²) < 4.78 is 17.3. The molecule has 7 nitrogen and oxygen atoms in total. The van der Waals surface area contributed by atoms with E-state index in [0.29, 0.717) is 17.9 Å². The molecule has 1 heterocycles. The molecule has 40 heavy (non-hydrogen) atoms. The van der Waals surface area contributed by atoms with Crippen LogP contribution in [0.25, 0.3) is 0 Å². The van der Waals surface area contributed by atoms with Crippen LogP contribution in [0, 0.1) is 19.8 Å². The summed E-state index contributed by atoms with van der Waals surface area (Å²) in [6, 6.07) is 11.6. The molecule has 0 bridgehead atoms. The van der Waals surface area contributed by atoms with Gasteiger partial charge in [0.05, 0.1) is 6.10 Å². The molecule has 1 unspecified atom stereocenters. The van der Waals surface area contributed by atoms with Gasteiger partial charge in [0.15, 0.2) is 11.4 Å². The number of ether oxygens (including phenoxy) is 3. The Bertz CT molecular complexity index is 1220. The zero-order valence-electron chi connectivity index (χ0n) is 25.4.